The van der Waals surface area contributed by atoms with Crippen molar-refractivity contribution in [1.29, 1.82) is 0 Å². The molecule has 0 unspecified atom stereocenters. The van der Waals surface area contributed by atoms with E-state index in [2.05, 4.69) is 20.8 Å². The molecule has 0 N–H and O–H groups in total. The molecule has 0 fully saturated rings. The Kier molecular flexibility index (Phi) is 5.41. The van der Waals surface area contributed by atoms with Crippen molar-refractivity contribution in [1.82, 2.24) is 0 Å². The number of amides is 1. The topological polar surface area (TPSA) is 54.5 Å². The number of para-hydroxylation sites is 1. The van der Waals surface area contributed by atoms with E-state index in [-0.39, 0.29) is 10.3 Å². The average Bonchev–Trinajstić information content (AvgIpc) is 3.14. The lowest BCUT2D eigenvalue weighted by Gasteiger charge is -2.30. The molecule has 0 atom stereocenters. The second-order valence-corrected chi connectivity index (χ2v) is 11.6. The van der Waals surface area contributed by atoms with Crippen LogP contribution in [0.3, 0.4) is 0 Å². The molecule has 1 amide bonds. The summed E-state index contributed by atoms with van der Waals surface area (Å²) in [5.41, 5.74) is 2.11. The largest absolute Gasteiger partial charge is 0.272 e. The van der Waals surface area contributed by atoms with E-state index in [1.165, 1.54) is 0 Å². The van der Waals surface area contributed by atoms with Crippen LogP contribution in [0.1, 0.15) is 43.0 Å². The minimum atomic E-state index is -4.17. The van der Waals surface area contributed by atoms with Crippen LogP contribution in [0.15, 0.2) is 114 Å². The van der Waals surface area contributed by atoms with E-state index in [0.29, 0.717) is 11.3 Å². The third-order valence-electron chi connectivity index (χ3n) is 6.70. The predicted molar refractivity (Wildman–Crippen MR) is 139 cm³/mol. The van der Waals surface area contributed by atoms with E-state index >= 15 is 0 Å². The number of hydrogen-bond donors (Lipinski definition) is 0. The number of nitrogens with zero attached hydrogens (tertiary/aromatic N) is 1. The van der Waals surface area contributed by atoms with Crippen molar-refractivity contribution >= 4 is 21.6 Å². The normalized spacial score (nSPS) is 15.2. The van der Waals surface area contributed by atoms with Gasteiger partial charge in [-0.25, -0.2) is 12.7 Å². The van der Waals surface area contributed by atoms with Crippen molar-refractivity contribution in [3.05, 3.63) is 131 Å². The highest BCUT2D eigenvalue weighted by Gasteiger charge is 2.56. The SMILES string of the molecule is CC(C)(C)c1ccc(S(=O)(=O)N2C(=O)C(c3ccccc3)(c3ccccc3)c3ccccc32)cc1. The molecule has 5 heteroatoms. The van der Waals surface area contributed by atoms with Crippen LogP contribution >= 0.6 is 0 Å². The first-order chi connectivity index (χ1) is 16.7. The van der Waals surface area contributed by atoms with Crippen molar-refractivity contribution in [3.8, 4) is 0 Å². The number of sulfonamides is 1. The van der Waals surface area contributed by atoms with Crippen molar-refractivity contribution in [3.63, 3.8) is 0 Å². The summed E-state index contributed by atoms with van der Waals surface area (Å²) in [5, 5.41) is 0. The Balaban J connectivity index is 1.76. The van der Waals surface area contributed by atoms with Crippen LogP contribution in [0.25, 0.3) is 0 Å². The number of fused-ring (bicyclic) bond motifs is 1. The molecule has 0 radical (unpaired) electrons. The quantitative estimate of drug-likeness (QED) is 0.356. The summed E-state index contributed by atoms with van der Waals surface area (Å²) in [6, 6.07) is 32.8. The molecule has 1 heterocycles. The molecule has 4 aromatic carbocycles. The van der Waals surface area contributed by atoms with Crippen LogP contribution in [0, 0.1) is 0 Å². The number of rotatable bonds is 4. The Hall–Kier alpha value is -3.70. The van der Waals surface area contributed by atoms with Gasteiger partial charge in [-0.05, 0) is 40.3 Å². The molecule has 0 spiro atoms. The summed E-state index contributed by atoms with van der Waals surface area (Å²) < 4.78 is 29.0. The van der Waals surface area contributed by atoms with Gasteiger partial charge in [-0.15, -0.1) is 0 Å². The van der Waals surface area contributed by atoms with Crippen LogP contribution in [0.4, 0.5) is 5.69 Å². The van der Waals surface area contributed by atoms with Crippen molar-refractivity contribution in [2.24, 2.45) is 0 Å². The van der Waals surface area contributed by atoms with E-state index in [1.807, 2.05) is 84.9 Å². The van der Waals surface area contributed by atoms with Gasteiger partial charge in [0.1, 0.15) is 5.41 Å². The Labute approximate surface area is 206 Å². The maximum Gasteiger partial charge on any atom is 0.270 e. The van der Waals surface area contributed by atoms with E-state index in [0.717, 1.165) is 21.0 Å². The molecule has 0 aliphatic carbocycles. The van der Waals surface area contributed by atoms with E-state index in [9.17, 15) is 13.2 Å². The molecular formula is C30H27NO3S. The van der Waals surface area contributed by atoms with E-state index in [1.54, 1.807) is 24.3 Å². The minimum Gasteiger partial charge on any atom is -0.272 e. The molecule has 35 heavy (non-hydrogen) atoms. The highest BCUT2D eigenvalue weighted by molar-refractivity contribution is 7.93. The Morgan fingerprint density at radius 3 is 1.66 bits per heavy atom. The Bertz CT molecular complexity index is 1450. The summed E-state index contributed by atoms with van der Waals surface area (Å²) >= 11 is 0. The molecule has 5 rings (SSSR count). The van der Waals surface area contributed by atoms with Crippen molar-refractivity contribution < 1.29 is 13.2 Å². The van der Waals surface area contributed by atoms with Gasteiger partial charge in [0.15, 0.2) is 0 Å². The summed E-state index contributed by atoms with van der Waals surface area (Å²) in [5.74, 6) is -0.504. The summed E-state index contributed by atoms with van der Waals surface area (Å²) in [4.78, 5) is 14.6. The van der Waals surface area contributed by atoms with Crippen LogP contribution < -0.4 is 4.31 Å². The third kappa shape index (κ3) is 3.50. The van der Waals surface area contributed by atoms with Gasteiger partial charge in [-0.1, -0.05) is 112 Å². The van der Waals surface area contributed by atoms with Crippen LogP contribution in [-0.4, -0.2) is 14.3 Å². The van der Waals surface area contributed by atoms with Crippen LogP contribution in [0.2, 0.25) is 0 Å². The fraction of sp³-hybridized carbons (Fsp3) is 0.167. The van der Waals surface area contributed by atoms with Crippen molar-refractivity contribution in [2.75, 3.05) is 4.31 Å². The second-order valence-electron chi connectivity index (χ2n) is 9.85. The molecule has 0 saturated heterocycles. The maximum absolute atomic E-state index is 14.5. The highest BCUT2D eigenvalue weighted by Crippen LogP contribution is 2.51. The molecule has 0 aromatic heterocycles. The van der Waals surface area contributed by atoms with Gasteiger partial charge in [0.05, 0.1) is 10.6 Å². The van der Waals surface area contributed by atoms with E-state index in [4.69, 9.17) is 0 Å². The molecule has 4 nitrogen and oxygen atoms in total. The molecule has 176 valence electrons. The standard InChI is InChI=1S/C30H27NO3S/c1-29(2,3)22-18-20-25(21-19-22)35(33,34)31-27-17-11-10-16-26(27)30(28(31)32,23-12-6-4-7-13-23)24-14-8-5-9-15-24/h4-21H,1-3H3. The van der Waals surface area contributed by atoms with Crippen LogP contribution in [0.5, 0.6) is 0 Å². The zero-order valence-electron chi connectivity index (χ0n) is 20.0. The van der Waals surface area contributed by atoms with Crippen LogP contribution in [-0.2, 0) is 25.6 Å². The van der Waals surface area contributed by atoms with Gasteiger partial charge in [0.25, 0.3) is 15.9 Å². The number of anilines is 1. The van der Waals surface area contributed by atoms with E-state index < -0.39 is 21.3 Å². The zero-order chi connectivity index (χ0) is 24.8. The fourth-order valence-corrected chi connectivity index (χ4v) is 6.38. The fourth-order valence-electron chi connectivity index (χ4n) is 4.92. The number of carbonyl (C=O) groups is 1. The lowest BCUT2D eigenvalue weighted by Crippen LogP contribution is -2.44. The smallest absolute Gasteiger partial charge is 0.270 e. The lowest BCUT2D eigenvalue weighted by molar-refractivity contribution is -0.119. The number of carbonyl (C=O) groups excluding carboxylic acids is 1. The monoisotopic (exact) mass is 481 g/mol. The van der Waals surface area contributed by atoms with Gasteiger partial charge in [-0.2, -0.15) is 0 Å². The molecule has 0 bridgehead atoms. The van der Waals surface area contributed by atoms with Gasteiger partial charge in [0, 0.05) is 5.56 Å². The molecule has 1 aliphatic rings. The summed E-state index contributed by atoms with van der Waals surface area (Å²) in [7, 11) is -4.17. The molecular weight excluding hydrogens is 454 g/mol. The average molecular weight is 482 g/mol. The number of hydrogen-bond acceptors (Lipinski definition) is 3. The molecule has 0 saturated carbocycles. The maximum atomic E-state index is 14.5. The molecule has 4 aromatic rings. The van der Waals surface area contributed by atoms with Gasteiger partial charge in [0.2, 0.25) is 0 Å². The molecule has 1 aliphatic heterocycles. The third-order valence-corrected chi connectivity index (χ3v) is 8.42. The first-order valence-electron chi connectivity index (χ1n) is 11.6. The highest BCUT2D eigenvalue weighted by atomic mass is 32.2. The Morgan fingerprint density at radius 1 is 0.657 bits per heavy atom. The first kappa shape index (κ1) is 23.1. The Morgan fingerprint density at radius 2 is 1.14 bits per heavy atom. The number of benzene rings is 4. The lowest BCUT2D eigenvalue weighted by atomic mass is 9.70. The zero-order valence-corrected chi connectivity index (χ0v) is 20.8. The first-order valence-corrected chi connectivity index (χ1v) is 13.0. The second kappa shape index (κ2) is 8.21. The predicted octanol–water partition coefficient (Wildman–Crippen LogP) is 6.05. The summed E-state index contributed by atoms with van der Waals surface area (Å²) in [6.45, 7) is 6.22. The summed E-state index contributed by atoms with van der Waals surface area (Å²) in [6.07, 6.45) is 0. The van der Waals surface area contributed by atoms with Gasteiger partial charge < -0.3 is 0 Å². The van der Waals surface area contributed by atoms with Crippen molar-refractivity contribution in [2.45, 2.75) is 36.5 Å². The van der Waals surface area contributed by atoms with Gasteiger partial charge in [-0.3, -0.25) is 4.79 Å². The van der Waals surface area contributed by atoms with Gasteiger partial charge >= 0.3 is 0 Å². The minimum absolute atomic E-state index is 0.0885.